The smallest absolute Gasteiger partial charge is 0.0679 e. The summed E-state index contributed by atoms with van der Waals surface area (Å²) in [6.07, 6.45) is 6.13. The van der Waals surface area contributed by atoms with Crippen molar-refractivity contribution >= 4 is 0 Å². The monoisotopic (exact) mass is 240 g/mol. The summed E-state index contributed by atoms with van der Waals surface area (Å²) in [5.74, 6) is 0. The van der Waals surface area contributed by atoms with E-state index < -0.39 is 0 Å². The molecule has 0 amide bonds. The summed E-state index contributed by atoms with van der Waals surface area (Å²) in [6.45, 7) is 8.90. The summed E-state index contributed by atoms with van der Waals surface area (Å²) in [6, 6.07) is 0.801. The van der Waals surface area contributed by atoms with E-state index in [-0.39, 0.29) is 6.10 Å². The van der Waals surface area contributed by atoms with Crippen LogP contribution in [0.1, 0.15) is 46.0 Å². The van der Waals surface area contributed by atoms with Crippen molar-refractivity contribution in [1.82, 2.24) is 10.2 Å². The van der Waals surface area contributed by atoms with Crippen LogP contribution in [0.2, 0.25) is 0 Å². The third-order valence-corrected chi connectivity index (χ3v) is 4.10. The quantitative estimate of drug-likeness (QED) is 0.710. The molecule has 1 heterocycles. The van der Waals surface area contributed by atoms with Crippen LogP contribution >= 0.6 is 0 Å². The fourth-order valence-corrected chi connectivity index (χ4v) is 3.00. The number of hydrogen-bond donors (Lipinski definition) is 2. The van der Waals surface area contributed by atoms with Crippen LogP contribution in [0.3, 0.4) is 0 Å². The predicted molar refractivity (Wildman–Crippen MR) is 71.1 cm³/mol. The van der Waals surface area contributed by atoms with Crippen LogP contribution in [0, 0.1) is 5.41 Å². The van der Waals surface area contributed by atoms with Crippen LogP contribution in [-0.4, -0.2) is 48.3 Å². The first-order valence-electron chi connectivity index (χ1n) is 7.25. The first-order valence-corrected chi connectivity index (χ1v) is 7.25. The van der Waals surface area contributed by atoms with E-state index in [0.29, 0.717) is 5.41 Å². The third-order valence-electron chi connectivity index (χ3n) is 4.10. The number of hydrogen-bond acceptors (Lipinski definition) is 3. The minimum Gasteiger partial charge on any atom is -0.392 e. The van der Waals surface area contributed by atoms with E-state index in [2.05, 4.69) is 24.1 Å². The van der Waals surface area contributed by atoms with E-state index in [1.165, 1.54) is 25.7 Å². The number of aliphatic hydroxyl groups excluding tert-OH is 1. The van der Waals surface area contributed by atoms with Gasteiger partial charge in [-0.05, 0) is 31.1 Å². The zero-order chi connectivity index (χ0) is 12.3. The molecule has 100 valence electrons. The zero-order valence-electron chi connectivity index (χ0n) is 11.4. The number of likely N-dealkylation sites (tertiary alicyclic amines) is 1. The Kier molecular flexibility index (Phi) is 4.45. The molecule has 2 unspecified atom stereocenters. The average molecular weight is 240 g/mol. The van der Waals surface area contributed by atoms with Crippen LogP contribution in [-0.2, 0) is 0 Å². The lowest BCUT2D eigenvalue weighted by Crippen LogP contribution is -2.42. The Morgan fingerprint density at radius 2 is 2.12 bits per heavy atom. The Morgan fingerprint density at radius 1 is 1.35 bits per heavy atom. The molecule has 2 N–H and O–H groups in total. The highest BCUT2D eigenvalue weighted by molar-refractivity contribution is 4.88. The van der Waals surface area contributed by atoms with Crippen molar-refractivity contribution in [2.75, 3.05) is 26.2 Å². The van der Waals surface area contributed by atoms with Gasteiger partial charge in [0.05, 0.1) is 6.10 Å². The second kappa shape index (κ2) is 5.68. The molecule has 2 fully saturated rings. The molecule has 1 aliphatic heterocycles. The van der Waals surface area contributed by atoms with Crippen molar-refractivity contribution in [1.29, 1.82) is 0 Å². The fraction of sp³-hybridized carbons (Fsp3) is 1.00. The second-order valence-corrected chi connectivity index (χ2v) is 6.39. The van der Waals surface area contributed by atoms with Gasteiger partial charge in [0.15, 0.2) is 0 Å². The molecule has 17 heavy (non-hydrogen) atoms. The Labute approximate surface area is 106 Å². The minimum absolute atomic E-state index is 0.0859. The van der Waals surface area contributed by atoms with Crippen LogP contribution in [0.15, 0.2) is 0 Å². The Balaban J connectivity index is 1.80. The summed E-state index contributed by atoms with van der Waals surface area (Å²) in [4.78, 5) is 2.44. The number of β-amino-alcohol motifs (C(OH)–C–C–N with tert-alkyl or cyclic N) is 1. The summed E-state index contributed by atoms with van der Waals surface area (Å²) >= 11 is 0. The van der Waals surface area contributed by atoms with Crippen molar-refractivity contribution < 1.29 is 5.11 Å². The molecular formula is C14H28N2O. The summed E-state index contributed by atoms with van der Waals surface area (Å²) in [5, 5.41) is 13.3. The predicted octanol–water partition coefficient (Wildman–Crippen LogP) is 1.61. The number of nitrogens with one attached hydrogen (secondary N) is 1. The molecule has 0 aromatic carbocycles. The maximum absolute atomic E-state index is 9.60. The first-order chi connectivity index (χ1) is 8.11. The summed E-state index contributed by atoms with van der Waals surface area (Å²) in [7, 11) is 0. The third kappa shape index (κ3) is 4.23. The summed E-state index contributed by atoms with van der Waals surface area (Å²) in [5.41, 5.74) is 0.376. The molecule has 3 nitrogen and oxygen atoms in total. The van der Waals surface area contributed by atoms with E-state index in [4.69, 9.17) is 0 Å². The van der Waals surface area contributed by atoms with Gasteiger partial charge in [0.2, 0.25) is 0 Å². The van der Waals surface area contributed by atoms with Crippen LogP contribution in [0.25, 0.3) is 0 Å². The van der Waals surface area contributed by atoms with Gasteiger partial charge in [-0.3, -0.25) is 0 Å². The molecule has 0 aromatic rings. The van der Waals surface area contributed by atoms with E-state index >= 15 is 0 Å². The number of aliphatic hydroxyl groups is 1. The average Bonchev–Trinajstić information content (AvgIpc) is 3.01. The van der Waals surface area contributed by atoms with Gasteiger partial charge < -0.3 is 15.3 Å². The molecule has 2 aliphatic rings. The van der Waals surface area contributed by atoms with Crippen LogP contribution in [0.5, 0.6) is 0 Å². The Morgan fingerprint density at radius 3 is 2.65 bits per heavy atom. The fourth-order valence-electron chi connectivity index (χ4n) is 3.00. The Bertz CT molecular complexity index is 242. The molecule has 3 heteroatoms. The van der Waals surface area contributed by atoms with E-state index in [1.54, 1.807) is 0 Å². The SMILES string of the molecule is CCCC(C)(CNC1CC1)CN1CCC(O)C1. The van der Waals surface area contributed by atoms with Crippen molar-refractivity contribution in [3.8, 4) is 0 Å². The standard InChI is InChI=1S/C14H28N2O/c1-3-7-14(2,10-15-12-4-5-12)11-16-8-6-13(17)9-16/h12-13,15,17H,3-11H2,1-2H3. The van der Waals surface area contributed by atoms with E-state index in [9.17, 15) is 5.11 Å². The van der Waals surface area contributed by atoms with Gasteiger partial charge in [-0.2, -0.15) is 0 Å². The molecule has 0 bridgehead atoms. The molecule has 1 aliphatic carbocycles. The van der Waals surface area contributed by atoms with Gasteiger partial charge in [-0.25, -0.2) is 0 Å². The van der Waals surface area contributed by atoms with Crippen molar-refractivity contribution in [3.63, 3.8) is 0 Å². The maximum atomic E-state index is 9.60. The molecule has 0 radical (unpaired) electrons. The van der Waals surface area contributed by atoms with Gasteiger partial charge in [-0.1, -0.05) is 20.3 Å². The van der Waals surface area contributed by atoms with E-state index in [0.717, 1.165) is 38.6 Å². The van der Waals surface area contributed by atoms with Crippen molar-refractivity contribution in [3.05, 3.63) is 0 Å². The second-order valence-electron chi connectivity index (χ2n) is 6.39. The van der Waals surface area contributed by atoms with Gasteiger partial charge in [-0.15, -0.1) is 0 Å². The molecular weight excluding hydrogens is 212 g/mol. The number of rotatable bonds is 7. The van der Waals surface area contributed by atoms with Crippen LogP contribution < -0.4 is 5.32 Å². The molecule has 0 aromatic heterocycles. The van der Waals surface area contributed by atoms with Crippen molar-refractivity contribution in [2.24, 2.45) is 5.41 Å². The van der Waals surface area contributed by atoms with E-state index in [1.807, 2.05) is 0 Å². The highest BCUT2D eigenvalue weighted by atomic mass is 16.3. The molecule has 1 saturated heterocycles. The summed E-state index contributed by atoms with van der Waals surface area (Å²) < 4.78 is 0. The molecule has 2 atom stereocenters. The maximum Gasteiger partial charge on any atom is 0.0679 e. The highest BCUT2D eigenvalue weighted by Gasteiger charge is 2.32. The topological polar surface area (TPSA) is 35.5 Å². The van der Waals surface area contributed by atoms with Gasteiger partial charge in [0.25, 0.3) is 0 Å². The lowest BCUT2D eigenvalue weighted by Gasteiger charge is -2.34. The molecule has 0 spiro atoms. The Hall–Kier alpha value is -0.120. The molecule has 1 saturated carbocycles. The highest BCUT2D eigenvalue weighted by Crippen LogP contribution is 2.28. The van der Waals surface area contributed by atoms with Gasteiger partial charge >= 0.3 is 0 Å². The first kappa shape index (κ1) is 13.3. The lowest BCUT2D eigenvalue weighted by atomic mass is 9.84. The largest absolute Gasteiger partial charge is 0.392 e. The van der Waals surface area contributed by atoms with Gasteiger partial charge in [0.1, 0.15) is 0 Å². The number of nitrogens with zero attached hydrogens (tertiary/aromatic N) is 1. The van der Waals surface area contributed by atoms with Crippen LogP contribution in [0.4, 0.5) is 0 Å². The lowest BCUT2D eigenvalue weighted by molar-refractivity contribution is 0.140. The normalized spacial score (nSPS) is 29.5. The minimum atomic E-state index is -0.0859. The molecule has 2 rings (SSSR count). The van der Waals surface area contributed by atoms with Gasteiger partial charge in [0, 0.05) is 32.2 Å². The zero-order valence-corrected chi connectivity index (χ0v) is 11.4. The van der Waals surface area contributed by atoms with Crippen molar-refractivity contribution in [2.45, 2.75) is 58.1 Å².